The van der Waals surface area contributed by atoms with E-state index in [1.165, 1.54) is 4.90 Å². The number of nitrogens with zero attached hydrogens (tertiary/aromatic N) is 3. The fourth-order valence-corrected chi connectivity index (χ4v) is 3.51. The van der Waals surface area contributed by atoms with Gasteiger partial charge in [0.05, 0.1) is 51.5 Å². The molecule has 1 amide bonds. The van der Waals surface area contributed by atoms with Crippen LogP contribution in [0.2, 0.25) is 5.02 Å². The SMILES string of the molecule is N#CCCN(Cc1ccco1)C(=O)C[NH+]1CCN(c2cccc(Cl)c2)CC1. The number of quaternary nitrogens is 1. The topological polar surface area (TPSA) is 64.9 Å². The predicted octanol–water partition coefficient (Wildman–Crippen LogP) is 1.58. The normalized spacial score (nSPS) is 14.7. The molecule has 0 bridgehead atoms. The maximum Gasteiger partial charge on any atom is 0.278 e. The molecule has 2 aromatic rings. The highest BCUT2D eigenvalue weighted by Crippen LogP contribution is 2.19. The number of hydrogen-bond donors (Lipinski definition) is 1. The summed E-state index contributed by atoms with van der Waals surface area (Å²) in [7, 11) is 0. The zero-order chi connectivity index (χ0) is 19.1. The Morgan fingerprint density at radius 3 is 2.78 bits per heavy atom. The Bertz CT molecular complexity index is 780. The van der Waals surface area contributed by atoms with Crippen LogP contribution in [0.4, 0.5) is 5.69 Å². The number of benzene rings is 1. The first-order valence-electron chi connectivity index (χ1n) is 9.17. The second-order valence-corrected chi connectivity index (χ2v) is 7.13. The van der Waals surface area contributed by atoms with Crippen LogP contribution in [0.3, 0.4) is 0 Å². The number of hydrogen-bond acceptors (Lipinski definition) is 4. The Morgan fingerprint density at radius 2 is 2.11 bits per heavy atom. The summed E-state index contributed by atoms with van der Waals surface area (Å²) < 4.78 is 5.36. The smallest absolute Gasteiger partial charge is 0.278 e. The van der Waals surface area contributed by atoms with Crippen molar-refractivity contribution in [2.24, 2.45) is 0 Å². The lowest BCUT2D eigenvalue weighted by Crippen LogP contribution is -3.15. The van der Waals surface area contributed by atoms with Crippen LogP contribution in [-0.4, -0.2) is 50.1 Å². The molecule has 27 heavy (non-hydrogen) atoms. The van der Waals surface area contributed by atoms with E-state index >= 15 is 0 Å². The molecular weight excluding hydrogens is 364 g/mol. The minimum absolute atomic E-state index is 0.0628. The number of nitriles is 1. The van der Waals surface area contributed by atoms with E-state index in [9.17, 15) is 4.79 Å². The molecular formula is C20H24ClN4O2+. The summed E-state index contributed by atoms with van der Waals surface area (Å²) in [4.78, 5) is 18.0. The van der Waals surface area contributed by atoms with Gasteiger partial charge < -0.3 is 19.1 Å². The number of piperazine rings is 1. The molecule has 1 aromatic carbocycles. The van der Waals surface area contributed by atoms with Crippen molar-refractivity contribution in [3.05, 3.63) is 53.4 Å². The molecule has 2 heterocycles. The number of anilines is 1. The highest BCUT2D eigenvalue weighted by molar-refractivity contribution is 6.30. The summed E-state index contributed by atoms with van der Waals surface area (Å²) in [5.41, 5.74) is 1.13. The number of carbonyl (C=O) groups is 1. The third kappa shape index (κ3) is 5.49. The quantitative estimate of drug-likeness (QED) is 0.783. The molecule has 0 radical (unpaired) electrons. The van der Waals surface area contributed by atoms with Gasteiger partial charge in [0.15, 0.2) is 6.54 Å². The maximum absolute atomic E-state index is 12.8. The molecule has 7 heteroatoms. The molecule has 1 N–H and O–H groups in total. The van der Waals surface area contributed by atoms with Crippen LogP contribution in [0.15, 0.2) is 47.1 Å². The van der Waals surface area contributed by atoms with E-state index in [1.54, 1.807) is 11.2 Å². The van der Waals surface area contributed by atoms with Crippen molar-refractivity contribution in [2.75, 3.05) is 44.2 Å². The van der Waals surface area contributed by atoms with Gasteiger partial charge in [0.1, 0.15) is 5.76 Å². The Hall–Kier alpha value is -2.49. The fraction of sp³-hybridized carbons (Fsp3) is 0.400. The van der Waals surface area contributed by atoms with Crippen LogP contribution in [0, 0.1) is 11.3 Å². The molecule has 142 valence electrons. The minimum atomic E-state index is 0.0628. The van der Waals surface area contributed by atoms with Gasteiger partial charge in [0, 0.05) is 17.3 Å². The molecule has 1 aliphatic rings. The van der Waals surface area contributed by atoms with Gasteiger partial charge in [-0.25, -0.2) is 0 Å². The van der Waals surface area contributed by atoms with E-state index < -0.39 is 0 Å². The van der Waals surface area contributed by atoms with E-state index in [0.717, 1.165) is 42.6 Å². The molecule has 1 aliphatic heterocycles. The first-order chi connectivity index (χ1) is 13.2. The largest absolute Gasteiger partial charge is 0.467 e. The predicted molar refractivity (Wildman–Crippen MR) is 104 cm³/mol. The Kier molecular flexibility index (Phi) is 6.74. The number of furan rings is 1. The first kappa shape index (κ1) is 19.3. The van der Waals surface area contributed by atoms with Crippen LogP contribution < -0.4 is 9.80 Å². The van der Waals surface area contributed by atoms with Gasteiger partial charge in [-0.2, -0.15) is 5.26 Å². The van der Waals surface area contributed by atoms with E-state index in [2.05, 4.69) is 17.0 Å². The minimum Gasteiger partial charge on any atom is -0.467 e. The lowest BCUT2D eigenvalue weighted by molar-refractivity contribution is -0.892. The van der Waals surface area contributed by atoms with Crippen molar-refractivity contribution in [3.63, 3.8) is 0 Å². The number of carbonyl (C=O) groups excluding carboxylic acids is 1. The summed E-state index contributed by atoms with van der Waals surface area (Å²) in [6.45, 7) is 4.85. The average molecular weight is 388 g/mol. The molecule has 0 atom stereocenters. The van der Waals surface area contributed by atoms with Crippen molar-refractivity contribution in [3.8, 4) is 6.07 Å². The van der Waals surface area contributed by atoms with Crippen LogP contribution >= 0.6 is 11.6 Å². The number of amides is 1. The highest BCUT2D eigenvalue weighted by atomic mass is 35.5. The van der Waals surface area contributed by atoms with Crippen molar-refractivity contribution in [1.82, 2.24) is 4.90 Å². The lowest BCUT2D eigenvalue weighted by Gasteiger charge is -2.34. The van der Waals surface area contributed by atoms with Gasteiger partial charge >= 0.3 is 0 Å². The van der Waals surface area contributed by atoms with Crippen LogP contribution in [-0.2, 0) is 11.3 Å². The van der Waals surface area contributed by atoms with Crippen LogP contribution in [0.1, 0.15) is 12.2 Å². The Balaban J connectivity index is 1.53. The monoisotopic (exact) mass is 387 g/mol. The Labute approximate surface area is 164 Å². The van der Waals surface area contributed by atoms with E-state index in [0.29, 0.717) is 26.1 Å². The summed E-state index contributed by atoms with van der Waals surface area (Å²) in [5, 5.41) is 9.61. The summed E-state index contributed by atoms with van der Waals surface area (Å²) in [6, 6.07) is 13.7. The molecule has 0 spiro atoms. The zero-order valence-corrected chi connectivity index (χ0v) is 16.0. The molecule has 3 rings (SSSR count). The second-order valence-electron chi connectivity index (χ2n) is 6.70. The average Bonchev–Trinajstić information content (AvgIpc) is 3.19. The van der Waals surface area contributed by atoms with Gasteiger partial charge in [-0.3, -0.25) is 4.79 Å². The molecule has 0 aliphatic carbocycles. The van der Waals surface area contributed by atoms with Crippen molar-refractivity contribution >= 4 is 23.2 Å². The maximum atomic E-state index is 12.8. The molecule has 0 saturated carbocycles. The third-order valence-corrected chi connectivity index (χ3v) is 5.05. The van der Waals surface area contributed by atoms with Gasteiger partial charge in [-0.1, -0.05) is 17.7 Å². The molecule has 0 unspecified atom stereocenters. The molecule has 1 saturated heterocycles. The molecule has 1 aromatic heterocycles. The Morgan fingerprint density at radius 1 is 1.30 bits per heavy atom. The van der Waals surface area contributed by atoms with Gasteiger partial charge in [0.2, 0.25) is 0 Å². The van der Waals surface area contributed by atoms with E-state index in [4.69, 9.17) is 21.3 Å². The standard InChI is InChI=1S/C20H23ClN4O2/c21-17-4-1-5-18(14-17)24-11-9-23(10-12-24)16-20(26)25(8-3-7-22)15-19-6-2-13-27-19/h1-2,4-6,13-14H,3,8-12,15-16H2/p+1. The second kappa shape index (κ2) is 9.45. The first-order valence-corrected chi connectivity index (χ1v) is 9.54. The number of halogens is 1. The molecule has 1 fully saturated rings. The van der Waals surface area contributed by atoms with Crippen LogP contribution in [0.25, 0.3) is 0 Å². The lowest BCUT2D eigenvalue weighted by atomic mass is 10.2. The van der Waals surface area contributed by atoms with Crippen LogP contribution in [0.5, 0.6) is 0 Å². The van der Waals surface area contributed by atoms with E-state index in [1.807, 2.05) is 30.3 Å². The van der Waals surface area contributed by atoms with Gasteiger partial charge in [0.25, 0.3) is 5.91 Å². The van der Waals surface area contributed by atoms with Gasteiger partial charge in [-0.05, 0) is 30.3 Å². The van der Waals surface area contributed by atoms with Gasteiger partial charge in [-0.15, -0.1) is 0 Å². The number of nitrogens with one attached hydrogen (secondary N) is 1. The summed E-state index contributed by atoms with van der Waals surface area (Å²) >= 11 is 6.08. The highest BCUT2D eigenvalue weighted by Gasteiger charge is 2.25. The van der Waals surface area contributed by atoms with Crippen molar-refractivity contribution in [1.29, 1.82) is 5.26 Å². The summed E-state index contributed by atoms with van der Waals surface area (Å²) in [6.07, 6.45) is 1.92. The fourth-order valence-electron chi connectivity index (χ4n) is 3.32. The zero-order valence-electron chi connectivity index (χ0n) is 15.2. The summed E-state index contributed by atoms with van der Waals surface area (Å²) in [5.74, 6) is 0.801. The van der Waals surface area contributed by atoms with Crippen molar-refractivity contribution in [2.45, 2.75) is 13.0 Å². The van der Waals surface area contributed by atoms with Crippen molar-refractivity contribution < 1.29 is 14.1 Å². The third-order valence-electron chi connectivity index (χ3n) is 4.82. The molecule has 6 nitrogen and oxygen atoms in total. The number of rotatable bonds is 7. The van der Waals surface area contributed by atoms with E-state index in [-0.39, 0.29) is 5.91 Å².